The SMILES string of the molecule is CC1=[C-]C(C2=CC=CC2)([SiH]2CCC2)C(C)=C1C.[Cl-].[Cl-].[Zr+3]. The van der Waals surface area contributed by atoms with Gasteiger partial charge in [0.1, 0.15) is 0 Å². The molecule has 1 saturated heterocycles. The molecule has 0 aromatic heterocycles. The maximum atomic E-state index is 3.91. The van der Waals surface area contributed by atoms with Crippen molar-refractivity contribution in [3.05, 3.63) is 46.6 Å². The van der Waals surface area contributed by atoms with Crippen molar-refractivity contribution in [1.29, 1.82) is 0 Å². The molecule has 2 aliphatic carbocycles. The van der Waals surface area contributed by atoms with Crippen LogP contribution in [0.1, 0.15) is 33.6 Å². The number of hydrogen-bond donors (Lipinski definition) is 0. The summed E-state index contributed by atoms with van der Waals surface area (Å²) < 4.78 is 0. The Morgan fingerprint density at radius 2 is 1.80 bits per heavy atom. The Morgan fingerprint density at radius 3 is 2.15 bits per heavy atom. The third-order valence-electron chi connectivity index (χ3n) is 5.10. The molecule has 3 rings (SSSR count). The Hall–Kier alpha value is 0.640. The molecule has 4 heteroatoms. The van der Waals surface area contributed by atoms with Crippen LogP contribution in [0.2, 0.25) is 17.1 Å². The molecule has 1 fully saturated rings. The van der Waals surface area contributed by atoms with E-state index >= 15 is 0 Å². The summed E-state index contributed by atoms with van der Waals surface area (Å²) in [6.07, 6.45) is 13.4. The minimum Gasteiger partial charge on any atom is -1.00 e. The van der Waals surface area contributed by atoms with Crippen molar-refractivity contribution < 1.29 is 51.0 Å². The van der Waals surface area contributed by atoms with E-state index in [2.05, 4.69) is 45.1 Å². The fourth-order valence-electron chi connectivity index (χ4n) is 3.63. The number of hydrogen-bond acceptors (Lipinski definition) is 0. The Bertz CT molecular complexity index is 487. The van der Waals surface area contributed by atoms with Crippen molar-refractivity contribution >= 4 is 8.80 Å². The van der Waals surface area contributed by atoms with Crippen LogP contribution in [0, 0.1) is 6.08 Å². The standard InChI is InChI=1S/C16H21Si.2ClH.Zr/c1-12-11-16(14(3)13(12)2,17-9-6-10-17)15-7-4-5-8-15;;;/h4-5,7,17H,6,8-10H2,1-3H3;2*1H;/q-1;;;+3/p-2. The third kappa shape index (κ3) is 2.91. The van der Waals surface area contributed by atoms with Crippen LogP contribution in [0.3, 0.4) is 0 Å². The van der Waals surface area contributed by atoms with Gasteiger partial charge in [-0.3, -0.25) is 6.08 Å². The molecule has 3 aliphatic rings. The average molecular weight is 404 g/mol. The molecule has 1 unspecified atom stereocenters. The zero-order valence-electron chi connectivity index (χ0n) is 12.4. The second kappa shape index (κ2) is 7.77. The van der Waals surface area contributed by atoms with Crippen LogP contribution < -0.4 is 24.8 Å². The van der Waals surface area contributed by atoms with Gasteiger partial charge in [-0.2, -0.15) is 11.1 Å². The topological polar surface area (TPSA) is 0 Å². The second-order valence-corrected chi connectivity index (χ2v) is 9.17. The first kappa shape index (κ1) is 20.6. The van der Waals surface area contributed by atoms with Crippen molar-refractivity contribution in [2.75, 3.05) is 0 Å². The Morgan fingerprint density at radius 1 is 1.15 bits per heavy atom. The minimum atomic E-state index is -0.675. The first-order valence-electron chi connectivity index (χ1n) is 6.82. The Labute approximate surface area is 156 Å². The van der Waals surface area contributed by atoms with Crippen LogP contribution in [0.4, 0.5) is 0 Å². The summed E-state index contributed by atoms with van der Waals surface area (Å²) in [6, 6.07) is 3.03. The number of allylic oxidation sites excluding steroid dienone is 8. The van der Waals surface area contributed by atoms with E-state index in [-0.39, 0.29) is 51.0 Å². The van der Waals surface area contributed by atoms with E-state index in [1.54, 1.807) is 11.1 Å². The van der Waals surface area contributed by atoms with Gasteiger partial charge in [0.25, 0.3) is 0 Å². The van der Waals surface area contributed by atoms with Crippen LogP contribution >= 0.6 is 0 Å². The normalized spacial score (nSPS) is 27.9. The molecule has 0 spiro atoms. The first-order chi connectivity index (χ1) is 8.16. The summed E-state index contributed by atoms with van der Waals surface area (Å²) in [5, 5.41) is 0.302. The van der Waals surface area contributed by atoms with Crippen LogP contribution in [0.5, 0.6) is 0 Å². The predicted molar refractivity (Wildman–Crippen MR) is 76.7 cm³/mol. The van der Waals surface area contributed by atoms with Gasteiger partial charge in [-0.1, -0.05) is 61.2 Å². The molecule has 107 valence electrons. The van der Waals surface area contributed by atoms with E-state index in [0.717, 1.165) is 6.42 Å². The molecule has 1 aliphatic heterocycles. The van der Waals surface area contributed by atoms with Gasteiger partial charge in [0.15, 0.2) is 0 Å². The predicted octanol–water partition coefficient (Wildman–Crippen LogP) is -1.65. The Kier molecular flexibility index (Phi) is 8.02. The molecule has 0 N–H and O–H groups in total. The van der Waals surface area contributed by atoms with Gasteiger partial charge in [-0.25, -0.2) is 5.57 Å². The summed E-state index contributed by atoms with van der Waals surface area (Å²) in [7, 11) is -0.675. The minimum absolute atomic E-state index is 0. The maximum Gasteiger partial charge on any atom is 3.00 e. The van der Waals surface area contributed by atoms with Gasteiger partial charge in [0.2, 0.25) is 0 Å². The van der Waals surface area contributed by atoms with Gasteiger partial charge >= 0.3 is 26.2 Å². The zero-order valence-corrected chi connectivity index (χ0v) is 17.5. The van der Waals surface area contributed by atoms with Crippen molar-refractivity contribution in [3.8, 4) is 0 Å². The van der Waals surface area contributed by atoms with E-state index in [1.165, 1.54) is 29.7 Å². The summed E-state index contributed by atoms with van der Waals surface area (Å²) in [5.74, 6) is 0. The van der Waals surface area contributed by atoms with E-state index in [9.17, 15) is 0 Å². The van der Waals surface area contributed by atoms with Crippen LogP contribution in [-0.4, -0.2) is 8.80 Å². The molecule has 0 saturated carbocycles. The summed E-state index contributed by atoms with van der Waals surface area (Å²) in [6.45, 7) is 6.90. The summed E-state index contributed by atoms with van der Waals surface area (Å²) >= 11 is 0. The molecule has 0 bridgehead atoms. The van der Waals surface area contributed by atoms with E-state index in [0.29, 0.717) is 5.04 Å². The van der Waals surface area contributed by atoms with E-state index in [1.807, 2.05) is 0 Å². The monoisotopic (exact) mass is 401 g/mol. The summed E-state index contributed by atoms with van der Waals surface area (Å²) in [4.78, 5) is 0. The quantitative estimate of drug-likeness (QED) is 0.383. The fraction of sp³-hybridized carbons (Fsp3) is 0.500. The second-order valence-electron chi connectivity index (χ2n) is 5.76. The molecule has 0 aromatic rings. The van der Waals surface area contributed by atoms with E-state index in [4.69, 9.17) is 0 Å². The molecule has 0 amide bonds. The maximum absolute atomic E-state index is 3.91. The van der Waals surface area contributed by atoms with Crippen molar-refractivity contribution in [3.63, 3.8) is 0 Å². The van der Waals surface area contributed by atoms with E-state index < -0.39 is 8.80 Å². The van der Waals surface area contributed by atoms with Gasteiger partial charge in [-0.05, 0) is 6.42 Å². The molecular weight excluding hydrogens is 382 g/mol. The number of rotatable bonds is 2. The fourth-order valence-corrected chi connectivity index (χ4v) is 7.30. The van der Waals surface area contributed by atoms with Gasteiger partial charge in [0, 0.05) is 8.80 Å². The van der Waals surface area contributed by atoms with Crippen LogP contribution in [0.15, 0.2) is 40.5 Å². The summed E-state index contributed by atoms with van der Waals surface area (Å²) in [5.41, 5.74) is 6.19. The van der Waals surface area contributed by atoms with Gasteiger partial charge in [0.05, 0.1) is 0 Å². The number of halogens is 2. The molecule has 0 nitrogen and oxygen atoms in total. The molecule has 20 heavy (non-hydrogen) atoms. The molecule has 0 aromatic carbocycles. The van der Waals surface area contributed by atoms with Crippen LogP contribution in [0.25, 0.3) is 0 Å². The first-order valence-corrected chi connectivity index (χ1v) is 9.03. The van der Waals surface area contributed by atoms with Crippen LogP contribution in [-0.2, 0) is 26.2 Å². The van der Waals surface area contributed by atoms with Crippen molar-refractivity contribution in [2.45, 2.75) is 50.7 Å². The molecular formula is C16H21Cl2SiZr. The van der Waals surface area contributed by atoms with Crippen molar-refractivity contribution in [1.82, 2.24) is 0 Å². The smallest absolute Gasteiger partial charge is 1.00 e. The van der Waals surface area contributed by atoms with Crippen molar-refractivity contribution in [2.24, 2.45) is 0 Å². The van der Waals surface area contributed by atoms with Gasteiger partial charge in [-0.15, -0.1) is 6.92 Å². The average Bonchev–Trinajstić information content (AvgIpc) is 2.82. The molecule has 1 radical (unpaired) electrons. The molecule has 1 atom stereocenters. The zero-order chi connectivity index (χ0) is 12.0. The third-order valence-corrected chi connectivity index (χ3v) is 9.48. The Balaban J connectivity index is 0.00000120. The largest absolute Gasteiger partial charge is 3.00 e. The molecule has 1 heterocycles. The van der Waals surface area contributed by atoms with Gasteiger partial charge < -0.3 is 24.8 Å².